The third-order valence-corrected chi connectivity index (χ3v) is 18.2. The van der Waals surface area contributed by atoms with Gasteiger partial charge in [-0.2, -0.15) is 15.0 Å². The minimum Gasteiger partial charge on any atom is -0.495 e. The lowest BCUT2D eigenvalue weighted by molar-refractivity contribution is -0.135. The summed E-state index contributed by atoms with van der Waals surface area (Å²) < 4.78 is 34.8. The first-order chi connectivity index (χ1) is 53.8. The number of ether oxygens (including phenoxy) is 4. The Morgan fingerprint density at radius 3 is 1.09 bits per heavy atom. The second-order valence-corrected chi connectivity index (χ2v) is 28.3. The topological polar surface area (TPSA) is 318 Å². The smallest absolute Gasteiger partial charge is 0.410 e. The maximum atomic E-state index is 12.5. The van der Waals surface area contributed by atoms with Crippen LogP contribution in [-0.4, -0.2) is 154 Å². The zero-order chi connectivity index (χ0) is 80.0. The number of hydrogen-bond donors (Lipinski definition) is 9. The van der Waals surface area contributed by atoms with Crippen molar-refractivity contribution in [2.45, 2.75) is 73.3 Å². The van der Waals surface area contributed by atoms with Gasteiger partial charge in [0.1, 0.15) is 47.0 Å². The van der Waals surface area contributed by atoms with Gasteiger partial charge in [-0.3, -0.25) is 19.2 Å². The van der Waals surface area contributed by atoms with Crippen LogP contribution in [0.4, 0.5) is 95.7 Å². The van der Waals surface area contributed by atoms with E-state index in [9.17, 15) is 28.4 Å². The molecule has 0 aliphatic carbocycles. The van der Waals surface area contributed by atoms with E-state index in [4.69, 9.17) is 18.9 Å². The molecule has 9 aromatic rings. The first-order valence-electron chi connectivity index (χ1n) is 36.6. The molecule has 3 saturated heterocycles. The number of nitrogens with one attached hydrogen (secondary N) is 9. The summed E-state index contributed by atoms with van der Waals surface area (Å²) in [4.78, 5) is 91.4. The molecule has 3 aromatic heterocycles. The van der Waals surface area contributed by atoms with Crippen LogP contribution in [0.1, 0.15) is 61.1 Å². The minimum atomic E-state index is -0.494. The van der Waals surface area contributed by atoms with E-state index in [0.29, 0.717) is 107 Å². The molecule has 0 spiro atoms. The molecule has 0 saturated carbocycles. The molecule has 584 valence electrons. The Morgan fingerprint density at radius 1 is 0.464 bits per heavy atom. The number of alkyl halides is 1. The molecule has 3 aliphatic heterocycles. The molecule has 6 aromatic carbocycles. The molecule has 3 fully saturated rings. The lowest BCUT2D eigenvalue weighted by Crippen LogP contribution is -2.52. The normalized spacial score (nSPS) is 13.2. The van der Waals surface area contributed by atoms with Gasteiger partial charge in [-0.1, -0.05) is 56.1 Å². The van der Waals surface area contributed by atoms with Gasteiger partial charge in [0.2, 0.25) is 41.5 Å². The van der Waals surface area contributed by atoms with E-state index in [2.05, 4.69) is 115 Å². The Hall–Kier alpha value is -13.0. The SMILES string of the molecule is C=CC(=O)Nc1cccc(Nc2nc(Nc3ccc(CC4CN(C(=O)OC(C)(C)C)C4)cc3OC)ncc2C)c1.C=CC(=O)Nc1cccc(Nc2nc(Nc3ccc(CC4CN(C(C)=O)C4)cc3OC)ncc2C)c1.C=CC(=O)Nc1cccc(Nc2nc(Nc3ccc(CC4CN(CCF)C4)cc3OC)ncc2C)c1. The molecule has 0 radical (unpaired) electrons. The highest BCUT2D eigenvalue weighted by molar-refractivity contribution is 6.00. The number of likely N-dealkylation sites (tertiary alicyclic amines) is 3. The summed E-state index contributed by atoms with van der Waals surface area (Å²) in [7, 11) is 4.89. The van der Waals surface area contributed by atoms with Crippen molar-refractivity contribution in [3.05, 3.63) is 217 Å². The zero-order valence-corrected chi connectivity index (χ0v) is 64.8. The molecule has 0 atom stereocenters. The highest BCUT2D eigenvalue weighted by Gasteiger charge is 2.34. The molecule has 27 nitrogen and oxygen atoms in total. The van der Waals surface area contributed by atoms with Crippen LogP contribution in [0, 0.1) is 38.5 Å². The zero-order valence-electron chi connectivity index (χ0n) is 64.8. The largest absolute Gasteiger partial charge is 0.495 e. The van der Waals surface area contributed by atoms with Gasteiger partial charge < -0.3 is 81.5 Å². The lowest BCUT2D eigenvalue weighted by Gasteiger charge is -2.40. The van der Waals surface area contributed by atoms with Gasteiger partial charge in [0.05, 0.1) is 38.4 Å². The van der Waals surface area contributed by atoms with Crippen molar-refractivity contribution < 1.29 is 47.3 Å². The van der Waals surface area contributed by atoms with Gasteiger partial charge in [0.25, 0.3) is 0 Å². The fraction of sp³-hybridized carbons (Fsp3) is 0.298. The molecular formula is C84H97FN18O9. The summed E-state index contributed by atoms with van der Waals surface area (Å²) in [5.41, 5.74) is 12.0. The number of nitrogens with zero attached hydrogens (tertiary/aromatic N) is 9. The molecule has 5 amide bonds. The quantitative estimate of drug-likeness (QED) is 0.0197. The fourth-order valence-corrected chi connectivity index (χ4v) is 12.4. The van der Waals surface area contributed by atoms with Crippen LogP contribution in [0.2, 0.25) is 0 Å². The number of halogens is 1. The van der Waals surface area contributed by atoms with Gasteiger partial charge >= 0.3 is 6.09 Å². The van der Waals surface area contributed by atoms with Crippen LogP contribution in [0.25, 0.3) is 0 Å². The average molecular weight is 1520 g/mol. The van der Waals surface area contributed by atoms with E-state index in [1.807, 2.05) is 144 Å². The van der Waals surface area contributed by atoms with E-state index in [1.54, 1.807) is 69.9 Å². The molecule has 112 heavy (non-hydrogen) atoms. The number of carbonyl (C=O) groups is 5. The summed E-state index contributed by atoms with van der Waals surface area (Å²) in [5.74, 6) is 5.89. The van der Waals surface area contributed by atoms with Crippen molar-refractivity contribution >= 4 is 116 Å². The van der Waals surface area contributed by atoms with E-state index in [-0.39, 0.29) is 36.4 Å². The van der Waals surface area contributed by atoms with Gasteiger partial charge in [0, 0.05) is 122 Å². The van der Waals surface area contributed by atoms with Crippen molar-refractivity contribution in [2.24, 2.45) is 17.8 Å². The summed E-state index contributed by atoms with van der Waals surface area (Å²) in [6, 6.07) is 40.1. The third-order valence-electron chi connectivity index (χ3n) is 18.2. The van der Waals surface area contributed by atoms with Crippen molar-refractivity contribution in [1.29, 1.82) is 0 Å². The van der Waals surface area contributed by atoms with Crippen LogP contribution in [0.15, 0.2) is 184 Å². The maximum Gasteiger partial charge on any atom is 0.410 e. The number of carbonyl (C=O) groups excluding carboxylic acids is 5. The van der Waals surface area contributed by atoms with Crippen LogP contribution in [0.5, 0.6) is 17.2 Å². The summed E-state index contributed by atoms with van der Waals surface area (Å²) >= 11 is 0. The maximum absolute atomic E-state index is 12.5. The molecule has 28 heteroatoms. The van der Waals surface area contributed by atoms with Crippen molar-refractivity contribution in [2.75, 3.05) is 122 Å². The second kappa shape index (κ2) is 38.4. The first kappa shape index (κ1) is 81.5. The lowest BCUT2D eigenvalue weighted by atomic mass is 9.92. The number of anilines is 15. The van der Waals surface area contributed by atoms with Gasteiger partial charge in [-0.15, -0.1) is 0 Å². The highest BCUT2D eigenvalue weighted by Crippen LogP contribution is 2.36. The minimum absolute atomic E-state index is 0.127. The monoisotopic (exact) mass is 1520 g/mol. The number of methoxy groups -OCH3 is 3. The van der Waals surface area contributed by atoms with Gasteiger partial charge in [0.15, 0.2) is 0 Å². The second-order valence-electron chi connectivity index (χ2n) is 28.3. The Bertz CT molecular complexity index is 4860. The molecule has 9 N–H and O–H groups in total. The van der Waals surface area contributed by atoms with Crippen molar-refractivity contribution in [3.63, 3.8) is 0 Å². The Labute approximate surface area is 652 Å². The Balaban J connectivity index is 0.000000179. The Kier molecular flexibility index (Phi) is 28.0. The van der Waals surface area contributed by atoms with Crippen LogP contribution < -0.4 is 62.1 Å². The predicted molar refractivity (Wildman–Crippen MR) is 439 cm³/mol. The van der Waals surface area contributed by atoms with Gasteiger partial charge in [-0.05, 0) is 204 Å². The number of aromatic nitrogens is 6. The van der Waals surface area contributed by atoms with E-state index >= 15 is 0 Å². The molecule has 0 unspecified atom stereocenters. The number of hydrogen-bond acceptors (Lipinski definition) is 22. The molecule has 12 rings (SSSR count). The number of amides is 5. The predicted octanol–water partition coefficient (Wildman–Crippen LogP) is 15.1. The van der Waals surface area contributed by atoms with Gasteiger partial charge in [-0.25, -0.2) is 24.1 Å². The van der Waals surface area contributed by atoms with Crippen LogP contribution in [-0.2, 0) is 43.2 Å². The molecule has 3 aliphatic rings. The number of aryl methyl sites for hydroxylation is 3. The molecule has 6 heterocycles. The van der Waals surface area contributed by atoms with Crippen LogP contribution >= 0.6 is 0 Å². The third kappa shape index (κ3) is 23.5. The van der Waals surface area contributed by atoms with E-state index in [1.165, 1.54) is 23.8 Å². The standard InChI is InChI=1S/C30H36N6O4.C27H31FN6O2.C27H30N6O3/c1-7-26(37)32-22-9-8-10-23(15-22)33-27-19(2)16-31-28(35-27)34-24-12-11-20(14-25(24)39-6)13-21-17-36(18-21)29(38)40-30(3,4)5;1-4-25(35)30-21-6-5-7-22(14-21)31-26-18(2)15-29-27(33-26)32-23-9-8-19(13-24(23)36-3)12-20-16-34(17-20)11-10-28;1-5-25(35)29-21-7-6-8-22(13-21)30-26-17(2)14-28-27(32-26)31-23-10-9-19(12-24(23)36-4)11-20-15-33(16-20)18(3)34/h7-12,14-16,21H,1,13,17-18H2,2-6H3,(H,32,37)(H2,31,33,34,35);4-9,13-15,20H,1,10-12,16-17H2,2-3H3,(H,30,35)(H2,29,31,32,33);5-10,12-14,20H,1,11,15-16H2,2-4H3,(H,29,35)(H2,28,30,31,32). The van der Waals surface area contributed by atoms with Crippen LogP contribution in [0.3, 0.4) is 0 Å². The van der Waals surface area contributed by atoms with Crippen molar-refractivity contribution in [3.8, 4) is 17.2 Å². The van der Waals surface area contributed by atoms with E-state index < -0.39 is 5.60 Å². The fourth-order valence-electron chi connectivity index (χ4n) is 12.4. The Morgan fingerprint density at radius 2 is 0.786 bits per heavy atom. The number of benzene rings is 6. The first-order valence-corrected chi connectivity index (χ1v) is 36.6. The average Bonchev–Trinajstić information content (AvgIpc) is 0.821. The summed E-state index contributed by atoms with van der Waals surface area (Å²) in [6.45, 7) is 28.4. The number of rotatable bonds is 29. The summed E-state index contributed by atoms with van der Waals surface area (Å²) in [6.07, 6.45) is 11.3. The van der Waals surface area contributed by atoms with E-state index in [0.717, 1.165) is 107 Å². The van der Waals surface area contributed by atoms with Crippen molar-refractivity contribution in [1.82, 2.24) is 44.6 Å². The molecular weight excluding hydrogens is 1420 g/mol. The molecule has 0 bridgehead atoms. The highest BCUT2D eigenvalue weighted by atomic mass is 19.1. The summed E-state index contributed by atoms with van der Waals surface area (Å²) in [5, 5.41) is 27.8.